The average molecular weight is 312 g/mol. The fourth-order valence-corrected chi connectivity index (χ4v) is 2.75. The first kappa shape index (κ1) is 15.7. The number of amides is 1. The van der Waals surface area contributed by atoms with Gasteiger partial charge in [-0.1, -0.05) is 39.3 Å². The van der Waals surface area contributed by atoms with E-state index >= 15 is 0 Å². The number of hydrogen-bond donors (Lipinski definition) is 1. The Bertz CT molecular complexity index is 712. The molecule has 0 atom stereocenters. The predicted molar refractivity (Wildman–Crippen MR) is 91.1 cm³/mol. The first-order chi connectivity index (χ1) is 10.9. The molecule has 1 aliphatic rings. The molecule has 1 amide bonds. The van der Waals surface area contributed by atoms with Crippen molar-refractivity contribution in [2.75, 3.05) is 5.32 Å². The van der Waals surface area contributed by atoms with Gasteiger partial charge in [0, 0.05) is 29.6 Å². The average Bonchev–Trinajstić information content (AvgIpc) is 2.75. The molecule has 0 aliphatic carbocycles. The minimum absolute atomic E-state index is 0.00900. The van der Waals surface area contributed by atoms with Gasteiger partial charge in [-0.15, -0.1) is 10.2 Å². The van der Waals surface area contributed by atoms with Gasteiger partial charge in [0.2, 0.25) is 5.91 Å². The van der Waals surface area contributed by atoms with Crippen LogP contribution in [0.1, 0.15) is 45.9 Å². The molecule has 0 spiro atoms. The third-order valence-electron chi connectivity index (χ3n) is 4.17. The van der Waals surface area contributed by atoms with Crippen molar-refractivity contribution < 1.29 is 4.79 Å². The maximum absolute atomic E-state index is 12.2. The van der Waals surface area contributed by atoms with Gasteiger partial charge in [0.1, 0.15) is 5.82 Å². The summed E-state index contributed by atoms with van der Waals surface area (Å²) < 4.78 is 2.22. The van der Waals surface area contributed by atoms with E-state index in [9.17, 15) is 4.79 Å². The van der Waals surface area contributed by atoms with Crippen molar-refractivity contribution in [2.24, 2.45) is 5.41 Å². The molecule has 5 heteroatoms. The Kier molecular flexibility index (Phi) is 4.20. The summed E-state index contributed by atoms with van der Waals surface area (Å²) in [5.74, 6) is 1.98. The summed E-state index contributed by atoms with van der Waals surface area (Å²) in [6.07, 6.45) is 4.58. The molecule has 2 aromatic rings. The number of carbonyl (C=O) groups is 1. The molecule has 5 nitrogen and oxygen atoms in total. The lowest BCUT2D eigenvalue weighted by Crippen LogP contribution is -2.27. The highest BCUT2D eigenvalue weighted by Crippen LogP contribution is 2.25. The van der Waals surface area contributed by atoms with Crippen molar-refractivity contribution in [1.82, 2.24) is 14.8 Å². The van der Waals surface area contributed by atoms with E-state index in [-0.39, 0.29) is 5.91 Å². The number of fused-ring (bicyclic) bond motifs is 1. The van der Waals surface area contributed by atoms with Gasteiger partial charge in [0.15, 0.2) is 5.82 Å². The van der Waals surface area contributed by atoms with E-state index in [0.717, 1.165) is 35.9 Å². The Morgan fingerprint density at radius 1 is 1.17 bits per heavy atom. The molecule has 122 valence electrons. The largest absolute Gasteiger partial charge is 0.326 e. The maximum atomic E-state index is 12.2. The van der Waals surface area contributed by atoms with E-state index in [1.165, 1.54) is 19.3 Å². The van der Waals surface area contributed by atoms with Crippen molar-refractivity contribution >= 4 is 11.6 Å². The van der Waals surface area contributed by atoms with Crippen molar-refractivity contribution in [3.8, 4) is 11.4 Å². The van der Waals surface area contributed by atoms with Crippen LogP contribution in [-0.2, 0) is 17.8 Å². The first-order valence-electron chi connectivity index (χ1n) is 8.29. The van der Waals surface area contributed by atoms with Gasteiger partial charge in [-0.05, 0) is 25.0 Å². The van der Waals surface area contributed by atoms with Crippen molar-refractivity contribution in [3.63, 3.8) is 0 Å². The van der Waals surface area contributed by atoms with Gasteiger partial charge in [-0.2, -0.15) is 0 Å². The second kappa shape index (κ2) is 6.14. The normalized spacial score (nSPS) is 14.9. The molecule has 23 heavy (non-hydrogen) atoms. The van der Waals surface area contributed by atoms with E-state index in [4.69, 9.17) is 0 Å². The fourth-order valence-electron chi connectivity index (χ4n) is 2.75. The lowest BCUT2D eigenvalue weighted by atomic mass is 9.95. The Labute approximate surface area is 137 Å². The number of rotatable bonds is 2. The van der Waals surface area contributed by atoms with Gasteiger partial charge < -0.3 is 9.88 Å². The molecule has 0 radical (unpaired) electrons. The molecule has 3 rings (SSSR count). The highest BCUT2D eigenvalue weighted by atomic mass is 16.2. The van der Waals surface area contributed by atoms with Crippen LogP contribution in [0.5, 0.6) is 0 Å². The van der Waals surface area contributed by atoms with Gasteiger partial charge in [-0.3, -0.25) is 4.79 Å². The Hall–Kier alpha value is -2.17. The molecule has 0 fully saturated rings. The number of nitrogens with zero attached hydrogens (tertiary/aromatic N) is 3. The first-order valence-corrected chi connectivity index (χ1v) is 8.29. The Balaban J connectivity index is 1.89. The molecule has 2 heterocycles. The van der Waals surface area contributed by atoms with E-state index < -0.39 is 5.41 Å². The summed E-state index contributed by atoms with van der Waals surface area (Å²) in [6.45, 7) is 6.69. The Morgan fingerprint density at radius 3 is 2.78 bits per heavy atom. The molecule has 0 unspecified atom stereocenters. The number of nitrogens with one attached hydrogen (secondary N) is 1. The van der Waals surface area contributed by atoms with E-state index in [0.29, 0.717) is 0 Å². The van der Waals surface area contributed by atoms with E-state index in [1.54, 1.807) is 0 Å². The van der Waals surface area contributed by atoms with Crippen LogP contribution in [0.25, 0.3) is 11.4 Å². The van der Waals surface area contributed by atoms with Crippen LogP contribution in [0.15, 0.2) is 24.3 Å². The minimum Gasteiger partial charge on any atom is -0.326 e. The summed E-state index contributed by atoms with van der Waals surface area (Å²) in [6, 6.07) is 7.86. The van der Waals surface area contributed by atoms with Crippen LogP contribution in [0.4, 0.5) is 5.69 Å². The van der Waals surface area contributed by atoms with E-state index in [1.807, 2.05) is 45.0 Å². The highest BCUT2D eigenvalue weighted by Gasteiger charge is 2.21. The molecule has 1 aromatic heterocycles. The minimum atomic E-state index is -0.415. The smallest absolute Gasteiger partial charge is 0.229 e. The van der Waals surface area contributed by atoms with Crippen molar-refractivity contribution in [3.05, 3.63) is 30.1 Å². The van der Waals surface area contributed by atoms with Crippen LogP contribution in [0, 0.1) is 5.41 Å². The van der Waals surface area contributed by atoms with Crippen LogP contribution in [0.3, 0.4) is 0 Å². The van der Waals surface area contributed by atoms with Crippen LogP contribution < -0.4 is 5.32 Å². The maximum Gasteiger partial charge on any atom is 0.229 e. The molecular weight excluding hydrogens is 288 g/mol. The van der Waals surface area contributed by atoms with Crippen molar-refractivity contribution in [1.29, 1.82) is 0 Å². The number of benzene rings is 1. The summed E-state index contributed by atoms with van der Waals surface area (Å²) in [5, 5.41) is 11.7. The quantitative estimate of drug-likeness (QED) is 0.920. The summed E-state index contributed by atoms with van der Waals surface area (Å²) in [7, 11) is 0. The number of carbonyl (C=O) groups excluding carboxylic acids is 1. The highest BCUT2D eigenvalue weighted by molar-refractivity contribution is 5.94. The summed E-state index contributed by atoms with van der Waals surface area (Å²) in [5.41, 5.74) is 1.38. The van der Waals surface area contributed by atoms with Gasteiger partial charge in [0.05, 0.1) is 0 Å². The van der Waals surface area contributed by atoms with Gasteiger partial charge >= 0.3 is 0 Å². The van der Waals surface area contributed by atoms with E-state index in [2.05, 4.69) is 20.1 Å². The van der Waals surface area contributed by atoms with Gasteiger partial charge in [-0.25, -0.2) is 0 Å². The van der Waals surface area contributed by atoms with Gasteiger partial charge in [0.25, 0.3) is 0 Å². The third kappa shape index (κ3) is 3.44. The molecule has 0 bridgehead atoms. The monoisotopic (exact) mass is 312 g/mol. The number of hydrogen-bond acceptors (Lipinski definition) is 3. The van der Waals surface area contributed by atoms with Crippen LogP contribution in [0.2, 0.25) is 0 Å². The number of aryl methyl sites for hydroxylation is 1. The molecule has 0 saturated carbocycles. The lowest BCUT2D eigenvalue weighted by Gasteiger charge is -2.18. The molecule has 1 aliphatic heterocycles. The SMILES string of the molecule is CC(C)(C)C(=O)Nc1cccc(-c2nnc3n2CCCCC3)c1. The molecule has 1 N–H and O–H groups in total. The zero-order valence-electron chi connectivity index (χ0n) is 14.1. The zero-order chi connectivity index (χ0) is 16.4. The molecule has 1 aromatic carbocycles. The number of aromatic nitrogens is 3. The van der Waals surface area contributed by atoms with Crippen LogP contribution >= 0.6 is 0 Å². The lowest BCUT2D eigenvalue weighted by molar-refractivity contribution is -0.123. The van der Waals surface area contributed by atoms with Crippen LogP contribution in [-0.4, -0.2) is 20.7 Å². The second-order valence-corrected chi connectivity index (χ2v) is 7.19. The molecule has 0 saturated heterocycles. The standard InChI is InChI=1S/C18H24N4O/c1-18(2,3)17(23)19-14-9-7-8-13(12-14)16-21-20-15-10-5-4-6-11-22(15)16/h7-9,12H,4-6,10-11H2,1-3H3,(H,19,23). The fraction of sp³-hybridized carbons (Fsp3) is 0.500. The second-order valence-electron chi connectivity index (χ2n) is 7.19. The Morgan fingerprint density at radius 2 is 2.00 bits per heavy atom. The number of anilines is 1. The summed E-state index contributed by atoms with van der Waals surface area (Å²) in [4.78, 5) is 12.2. The summed E-state index contributed by atoms with van der Waals surface area (Å²) >= 11 is 0. The predicted octanol–water partition coefficient (Wildman–Crippen LogP) is 3.66. The third-order valence-corrected chi connectivity index (χ3v) is 4.17. The van der Waals surface area contributed by atoms with Crippen molar-refractivity contribution in [2.45, 2.75) is 53.0 Å². The topological polar surface area (TPSA) is 59.8 Å². The molecular formula is C18H24N4O. The zero-order valence-corrected chi connectivity index (χ0v) is 14.1.